The molecule has 6 rings (SSSR count). The van der Waals surface area contributed by atoms with Crippen LogP contribution in [0, 0.1) is 10.8 Å². The van der Waals surface area contributed by atoms with Gasteiger partial charge in [0.15, 0.2) is 17.7 Å². The van der Waals surface area contributed by atoms with Gasteiger partial charge in [0.1, 0.15) is 5.75 Å². The van der Waals surface area contributed by atoms with Crippen LogP contribution in [0.1, 0.15) is 72.5 Å². The SMILES string of the molecule is O=C(CC12CCC(CC(=O)[C@H]3C[C@@H](O)c4cc(Cl)ccc4O3)(C1)C2)c1ccc(C(F)(F)F)cc1. The van der Waals surface area contributed by atoms with Gasteiger partial charge in [-0.15, -0.1) is 0 Å². The Labute approximate surface area is 200 Å². The fraction of sp³-hybridized carbons (Fsp3) is 0.462. The molecule has 1 N–H and O–H groups in total. The van der Waals surface area contributed by atoms with Crippen LogP contribution in [0.4, 0.5) is 13.2 Å². The van der Waals surface area contributed by atoms with Crippen LogP contribution in [0.5, 0.6) is 5.75 Å². The van der Waals surface area contributed by atoms with E-state index < -0.39 is 23.9 Å². The van der Waals surface area contributed by atoms with Crippen LogP contribution in [0.25, 0.3) is 0 Å². The zero-order chi connectivity index (χ0) is 24.3. The number of ether oxygens (including phenoxy) is 1. The van der Waals surface area contributed by atoms with E-state index in [9.17, 15) is 27.9 Å². The van der Waals surface area contributed by atoms with Gasteiger partial charge >= 0.3 is 6.18 Å². The second-order valence-corrected chi connectivity index (χ2v) is 10.6. The van der Waals surface area contributed by atoms with Gasteiger partial charge in [-0.05, 0) is 66.8 Å². The van der Waals surface area contributed by atoms with Gasteiger partial charge in [-0.2, -0.15) is 13.2 Å². The van der Waals surface area contributed by atoms with Crippen LogP contribution in [0.2, 0.25) is 5.02 Å². The second-order valence-electron chi connectivity index (χ2n) is 10.2. The number of halogens is 4. The molecule has 4 nitrogen and oxygen atoms in total. The number of aliphatic hydroxyl groups is 1. The third kappa shape index (κ3) is 4.24. The van der Waals surface area contributed by atoms with E-state index in [-0.39, 0.29) is 40.8 Å². The molecule has 3 fully saturated rings. The number of Topliss-reactive ketones (excluding diaryl/α,β-unsaturated/α-hetero) is 2. The molecule has 2 aromatic carbocycles. The maximum absolute atomic E-state index is 13.0. The minimum atomic E-state index is -4.43. The molecule has 2 atom stereocenters. The summed E-state index contributed by atoms with van der Waals surface area (Å²) in [6.45, 7) is 0. The summed E-state index contributed by atoms with van der Waals surface area (Å²) in [5, 5.41) is 11.0. The number of fused-ring (bicyclic) bond motifs is 2. The Kier molecular flexibility index (Phi) is 5.56. The minimum Gasteiger partial charge on any atom is -0.482 e. The maximum atomic E-state index is 13.0. The number of hydrogen-bond acceptors (Lipinski definition) is 4. The van der Waals surface area contributed by atoms with E-state index in [0.717, 1.165) is 37.8 Å². The lowest BCUT2D eigenvalue weighted by Crippen LogP contribution is -2.43. The van der Waals surface area contributed by atoms with Crippen molar-refractivity contribution in [3.63, 3.8) is 0 Å². The molecule has 1 heterocycles. The molecule has 0 saturated heterocycles. The monoisotopic (exact) mass is 492 g/mol. The first-order valence-corrected chi connectivity index (χ1v) is 11.7. The number of hydrogen-bond donors (Lipinski definition) is 1. The predicted molar refractivity (Wildman–Crippen MR) is 119 cm³/mol. The molecule has 34 heavy (non-hydrogen) atoms. The number of carbonyl (C=O) groups excluding carboxylic acids is 2. The summed E-state index contributed by atoms with van der Waals surface area (Å²) in [6.07, 6.45) is -2.02. The fourth-order valence-corrected chi connectivity index (χ4v) is 6.42. The highest BCUT2D eigenvalue weighted by molar-refractivity contribution is 6.30. The number of rotatable bonds is 6. The lowest BCUT2D eigenvalue weighted by Gasteiger charge is -2.47. The van der Waals surface area contributed by atoms with Crippen LogP contribution in [-0.2, 0) is 11.0 Å². The molecule has 180 valence electrons. The van der Waals surface area contributed by atoms with Crippen LogP contribution in [-0.4, -0.2) is 22.8 Å². The number of alkyl halides is 3. The first kappa shape index (κ1) is 23.4. The number of carbonyl (C=O) groups is 2. The summed E-state index contributed by atoms with van der Waals surface area (Å²) in [4.78, 5) is 25.8. The number of benzene rings is 2. The highest BCUT2D eigenvalue weighted by atomic mass is 35.5. The topological polar surface area (TPSA) is 63.6 Å². The molecule has 0 unspecified atom stereocenters. The Bertz CT molecular complexity index is 1140. The molecule has 0 spiro atoms. The van der Waals surface area contributed by atoms with Gasteiger partial charge in [0.2, 0.25) is 0 Å². The zero-order valence-electron chi connectivity index (χ0n) is 18.3. The van der Waals surface area contributed by atoms with Crippen molar-refractivity contribution in [1.82, 2.24) is 0 Å². The highest BCUT2D eigenvalue weighted by Gasteiger charge is 2.61. The molecule has 1 aliphatic heterocycles. The van der Waals surface area contributed by atoms with Crippen LogP contribution in [0.15, 0.2) is 42.5 Å². The summed E-state index contributed by atoms with van der Waals surface area (Å²) in [6, 6.07) is 9.32. The van der Waals surface area contributed by atoms with E-state index in [2.05, 4.69) is 0 Å². The average Bonchev–Trinajstić information content (AvgIpc) is 3.28. The van der Waals surface area contributed by atoms with E-state index >= 15 is 0 Å². The maximum Gasteiger partial charge on any atom is 0.416 e. The molecular weight excluding hydrogens is 469 g/mol. The van der Waals surface area contributed by atoms with Crippen LogP contribution >= 0.6 is 11.6 Å². The molecule has 2 bridgehead atoms. The van der Waals surface area contributed by atoms with Gasteiger partial charge in [0.25, 0.3) is 0 Å². The van der Waals surface area contributed by atoms with E-state index in [1.165, 1.54) is 12.1 Å². The Morgan fingerprint density at radius 3 is 2.32 bits per heavy atom. The van der Waals surface area contributed by atoms with Gasteiger partial charge in [-0.1, -0.05) is 23.7 Å². The van der Waals surface area contributed by atoms with Crippen molar-refractivity contribution < 1.29 is 32.6 Å². The van der Waals surface area contributed by atoms with E-state index in [4.69, 9.17) is 16.3 Å². The Morgan fingerprint density at radius 1 is 1.03 bits per heavy atom. The van der Waals surface area contributed by atoms with E-state index in [0.29, 0.717) is 22.8 Å². The smallest absolute Gasteiger partial charge is 0.416 e. The Balaban J connectivity index is 1.19. The molecule has 4 aliphatic rings. The summed E-state index contributed by atoms with van der Waals surface area (Å²) in [5.41, 5.74) is -0.251. The summed E-state index contributed by atoms with van der Waals surface area (Å²) in [7, 11) is 0. The number of ketones is 2. The predicted octanol–water partition coefficient (Wildman–Crippen LogP) is 6.34. The Hall–Kier alpha value is -2.38. The van der Waals surface area contributed by atoms with E-state index in [1.807, 2.05) is 0 Å². The summed E-state index contributed by atoms with van der Waals surface area (Å²) < 4.78 is 44.2. The summed E-state index contributed by atoms with van der Waals surface area (Å²) >= 11 is 5.99. The average molecular weight is 493 g/mol. The minimum absolute atomic E-state index is 0.0517. The third-order valence-electron chi connectivity index (χ3n) is 7.70. The van der Waals surface area contributed by atoms with Gasteiger partial charge < -0.3 is 9.84 Å². The first-order valence-electron chi connectivity index (χ1n) is 11.4. The van der Waals surface area contributed by atoms with Crippen molar-refractivity contribution >= 4 is 23.2 Å². The van der Waals surface area contributed by atoms with Crippen molar-refractivity contribution in [3.8, 4) is 5.75 Å². The normalized spacial score (nSPS) is 29.7. The highest BCUT2D eigenvalue weighted by Crippen LogP contribution is 2.70. The molecule has 8 heteroatoms. The largest absolute Gasteiger partial charge is 0.482 e. The lowest BCUT2D eigenvalue weighted by molar-refractivity contribution is -0.137. The first-order chi connectivity index (χ1) is 16.0. The molecule has 3 aliphatic carbocycles. The van der Waals surface area contributed by atoms with Gasteiger partial charge in [0, 0.05) is 35.4 Å². The van der Waals surface area contributed by atoms with Crippen LogP contribution in [0.3, 0.4) is 0 Å². The molecule has 0 amide bonds. The van der Waals surface area contributed by atoms with Gasteiger partial charge in [-0.25, -0.2) is 0 Å². The van der Waals surface area contributed by atoms with Crippen molar-refractivity contribution in [1.29, 1.82) is 0 Å². The van der Waals surface area contributed by atoms with E-state index in [1.54, 1.807) is 18.2 Å². The zero-order valence-corrected chi connectivity index (χ0v) is 19.1. The van der Waals surface area contributed by atoms with Gasteiger partial charge in [0.05, 0.1) is 11.7 Å². The van der Waals surface area contributed by atoms with Crippen LogP contribution < -0.4 is 4.74 Å². The standard InChI is InChI=1S/C26H24ClF3O4/c27-17-5-6-22-18(9-17)19(31)10-23(34-22)21(33)12-25-8-7-24(13-25,14-25)11-20(32)15-1-3-16(4-2-15)26(28,29)30/h1-6,9,19,23,31H,7-8,10-14H2/t19-,23-,24?,25?/m1/s1. The van der Waals surface area contributed by atoms with Crippen molar-refractivity contribution in [2.75, 3.05) is 0 Å². The quantitative estimate of drug-likeness (QED) is 0.478. The van der Waals surface area contributed by atoms with Crippen molar-refractivity contribution in [3.05, 3.63) is 64.2 Å². The fourth-order valence-electron chi connectivity index (χ4n) is 6.24. The van der Waals surface area contributed by atoms with Crippen molar-refractivity contribution in [2.24, 2.45) is 10.8 Å². The second kappa shape index (κ2) is 8.09. The third-order valence-corrected chi connectivity index (χ3v) is 7.94. The number of aliphatic hydroxyl groups excluding tert-OH is 1. The molecule has 0 aromatic heterocycles. The lowest BCUT2D eigenvalue weighted by atomic mass is 9.56. The molecule has 3 saturated carbocycles. The summed E-state index contributed by atoms with van der Waals surface area (Å²) in [5.74, 6) is 0.254. The van der Waals surface area contributed by atoms with Gasteiger partial charge in [-0.3, -0.25) is 9.59 Å². The van der Waals surface area contributed by atoms with Crippen molar-refractivity contribution in [2.45, 2.75) is 63.3 Å². The molecular formula is C26H24ClF3O4. The Morgan fingerprint density at radius 2 is 1.68 bits per heavy atom. The molecule has 0 radical (unpaired) electrons. The molecule has 2 aromatic rings.